The summed E-state index contributed by atoms with van der Waals surface area (Å²) in [5.41, 5.74) is 0.827. The third-order valence-corrected chi connectivity index (χ3v) is 5.38. The summed E-state index contributed by atoms with van der Waals surface area (Å²) in [6.07, 6.45) is 0.138. The molecule has 0 saturated carbocycles. The molecule has 0 unspecified atom stereocenters. The fraction of sp³-hybridized carbons (Fsp3) is 0.471. The molecular weight excluding hydrogens is 360 g/mol. The van der Waals surface area contributed by atoms with E-state index in [-0.39, 0.29) is 18.1 Å². The number of thioether (sulfide) groups is 1. The molecule has 2 aromatic rings. The summed E-state index contributed by atoms with van der Waals surface area (Å²) >= 11 is 7.62. The number of morpholine rings is 1. The maximum atomic E-state index is 12.5. The van der Waals surface area contributed by atoms with Gasteiger partial charge in [-0.25, -0.2) is 0 Å². The fourth-order valence-corrected chi connectivity index (χ4v) is 3.95. The molecule has 1 aliphatic heterocycles. The Bertz CT molecular complexity index is 757. The lowest BCUT2D eigenvalue weighted by atomic mass is 10.2. The second kappa shape index (κ2) is 7.76. The zero-order valence-electron chi connectivity index (χ0n) is 14.5. The van der Waals surface area contributed by atoms with Gasteiger partial charge in [0.25, 0.3) is 0 Å². The first-order chi connectivity index (χ1) is 12.0. The minimum Gasteiger partial charge on any atom is -0.372 e. The molecule has 0 aliphatic carbocycles. The molecule has 2 heterocycles. The maximum Gasteiger partial charge on any atom is 0.233 e. The van der Waals surface area contributed by atoms with Gasteiger partial charge in [-0.1, -0.05) is 35.5 Å². The Morgan fingerprint density at radius 3 is 2.64 bits per heavy atom. The average molecular weight is 381 g/mol. The van der Waals surface area contributed by atoms with Crippen LogP contribution in [0, 0.1) is 0 Å². The molecule has 0 radical (unpaired) electrons. The Balaban J connectivity index is 1.66. The van der Waals surface area contributed by atoms with Crippen molar-refractivity contribution in [2.75, 3.05) is 18.8 Å². The van der Waals surface area contributed by atoms with Crippen LogP contribution >= 0.6 is 23.4 Å². The normalized spacial score (nSPS) is 20.7. The zero-order chi connectivity index (χ0) is 18.0. The third-order valence-electron chi connectivity index (χ3n) is 4.05. The van der Waals surface area contributed by atoms with Gasteiger partial charge in [-0.3, -0.25) is 4.79 Å². The number of carbonyl (C=O) groups excluding carboxylic acids is 1. The minimum atomic E-state index is 0.0688. The van der Waals surface area contributed by atoms with E-state index in [9.17, 15) is 4.79 Å². The van der Waals surface area contributed by atoms with E-state index in [1.807, 2.05) is 54.6 Å². The Morgan fingerprint density at radius 2 is 1.96 bits per heavy atom. The van der Waals surface area contributed by atoms with E-state index in [0.29, 0.717) is 34.8 Å². The van der Waals surface area contributed by atoms with Crippen molar-refractivity contribution in [3.8, 4) is 11.4 Å². The van der Waals surface area contributed by atoms with Crippen LogP contribution < -0.4 is 0 Å². The number of carbonyl (C=O) groups is 1. The molecule has 1 aromatic heterocycles. The summed E-state index contributed by atoms with van der Waals surface area (Å²) < 4.78 is 7.54. The smallest absolute Gasteiger partial charge is 0.233 e. The van der Waals surface area contributed by atoms with Crippen molar-refractivity contribution in [2.45, 2.75) is 31.2 Å². The average Bonchev–Trinajstić information content (AvgIpc) is 2.93. The minimum absolute atomic E-state index is 0.0688. The van der Waals surface area contributed by atoms with E-state index >= 15 is 0 Å². The van der Waals surface area contributed by atoms with Gasteiger partial charge in [0.2, 0.25) is 5.91 Å². The number of benzene rings is 1. The molecule has 2 atom stereocenters. The molecular formula is C17H21ClN4O2S. The van der Waals surface area contributed by atoms with Crippen molar-refractivity contribution in [1.82, 2.24) is 19.7 Å². The summed E-state index contributed by atoms with van der Waals surface area (Å²) in [4.78, 5) is 14.3. The topological polar surface area (TPSA) is 60.2 Å². The largest absolute Gasteiger partial charge is 0.372 e. The van der Waals surface area contributed by atoms with E-state index in [2.05, 4.69) is 10.2 Å². The highest BCUT2D eigenvalue weighted by atomic mass is 35.5. The van der Waals surface area contributed by atoms with Gasteiger partial charge in [0.1, 0.15) is 0 Å². The lowest BCUT2D eigenvalue weighted by molar-refractivity contribution is -0.140. The lowest BCUT2D eigenvalue weighted by Gasteiger charge is -2.35. The van der Waals surface area contributed by atoms with Crippen LogP contribution in [-0.2, 0) is 16.6 Å². The second-order valence-electron chi connectivity index (χ2n) is 6.19. The first kappa shape index (κ1) is 18.2. The number of rotatable bonds is 4. The van der Waals surface area contributed by atoms with Gasteiger partial charge in [0.15, 0.2) is 11.0 Å². The number of hydrogen-bond acceptors (Lipinski definition) is 5. The van der Waals surface area contributed by atoms with Gasteiger partial charge in [0.05, 0.1) is 23.0 Å². The monoisotopic (exact) mass is 380 g/mol. The molecule has 0 bridgehead atoms. The number of halogens is 1. The molecule has 0 spiro atoms. The predicted molar refractivity (Wildman–Crippen MR) is 98.8 cm³/mol. The Hall–Kier alpha value is -1.57. The number of amides is 1. The van der Waals surface area contributed by atoms with Crippen LogP contribution in [0.4, 0.5) is 0 Å². The Morgan fingerprint density at radius 1 is 1.28 bits per heavy atom. The van der Waals surface area contributed by atoms with Crippen molar-refractivity contribution in [1.29, 1.82) is 0 Å². The molecule has 6 nitrogen and oxygen atoms in total. The highest BCUT2D eigenvalue weighted by molar-refractivity contribution is 7.99. The molecule has 0 N–H and O–H groups in total. The van der Waals surface area contributed by atoms with Crippen molar-refractivity contribution < 1.29 is 9.53 Å². The Kier molecular flexibility index (Phi) is 5.66. The molecule has 3 rings (SSSR count). The first-order valence-electron chi connectivity index (χ1n) is 8.16. The van der Waals surface area contributed by atoms with Gasteiger partial charge in [-0.15, -0.1) is 10.2 Å². The number of aromatic nitrogens is 3. The first-order valence-corrected chi connectivity index (χ1v) is 9.52. The van der Waals surface area contributed by atoms with Crippen LogP contribution in [0.2, 0.25) is 5.02 Å². The maximum absolute atomic E-state index is 12.5. The van der Waals surface area contributed by atoms with Crippen molar-refractivity contribution in [3.05, 3.63) is 29.3 Å². The highest BCUT2D eigenvalue weighted by Gasteiger charge is 2.26. The van der Waals surface area contributed by atoms with Gasteiger partial charge >= 0.3 is 0 Å². The number of nitrogens with zero attached hydrogens (tertiary/aromatic N) is 4. The van der Waals surface area contributed by atoms with Crippen molar-refractivity contribution in [2.24, 2.45) is 7.05 Å². The predicted octanol–water partition coefficient (Wildman–Crippen LogP) is 2.86. The quantitative estimate of drug-likeness (QED) is 0.763. The molecule has 1 saturated heterocycles. The van der Waals surface area contributed by atoms with Crippen LogP contribution in [0.15, 0.2) is 29.4 Å². The van der Waals surface area contributed by atoms with Crippen LogP contribution in [0.1, 0.15) is 13.8 Å². The van der Waals surface area contributed by atoms with E-state index in [4.69, 9.17) is 16.3 Å². The van der Waals surface area contributed by atoms with Crippen LogP contribution in [0.25, 0.3) is 11.4 Å². The fourth-order valence-electron chi connectivity index (χ4n) is 2.92. The van der Waals surface area contributed by atoms with Gasteiger partial charge < -0.3 is 14.2 Å². The molecule has 134 valence electrons. The van der Waals surface area contributed by atoms with E-state index in [0.717, 1.165) is 5.56 Å². The molecule has 1 amide bonds. The Labute approximate surface area is 156 Å². The zero-order valence-corrected chi connectivity index (χ0v) is 16.0. The van der Waals surface area contributed by atoms with E-state index < -0.39 is 0 Å². The molecule has 25 heavy (non-hydrogen) atoms. The summed E-state index contributed by atoms with van der Waals surface area (Å²) in [5.74, 6) is 1.11. The van der Waals surface area contributed by atoms with Crippen LogP contribution in [-0.4, -0.2) is 56.6 Å². The van der Waals surface area contributed by atoms with Crippen molar-refractivity contribution >= 4 is 29.3 Å². The molecule has 8 heteroatoms. The highest BCUT2D eigenvalue weighted by Crippen LogP contribution is 2.28. The van der Waals surface area contributed by atoms with E-state index in [1.165, 1.54) is 11.8 Å². The summed E-state index contributed by atoms with van der Waals surface area (Å²) in [6.45, 7) is 5.24. The van der Waals surface area contributed by atoms with Crippen molar-refractivity contribution in [3.63, 3.8) is 0 Å². The van der Waals surface area contributed by atoms with Gasteiger partial charge in [-0.2, -0.15) is 0 Å². The molecule has 1 fully saturated rings. The summed E-state index contributed by atoms with van der Waals surface area (Å²) in [5, 5.41) is 9.75. The number of hydrogen-bond donors (Lipinski definition) is 0. The molecule has 1 aliphatic rings. The lowest BCUT2D eigenvalue weighted by Crippen LogP contribution is -2.48. The van der Waals surface area contributed by atoms with Gasteiger partial charge in [-0.05, 0) is 26.0 Å². The summed E-state index contributed by atoms with van der Waals surface area (Å²) in [6, 6.07) is 7.51. The van der Waals surface area contributed by atoms with Crippen LogP contribution in [0.3, 0.4) is 0 Å². The number of ether oxygens (including phenoxy) is 1. The molecule has 1 aromatic carbocycles. The third kappa shape index (κ3) is 4.16. The second-order valence-corrected chi connectivity index (χ2v) is 7.54. The summed E-state index contributed by atoms with van der Waals surface area (Å²) in [7, 11) is 1.88. The SMILES string of the molecule is C[C@H]1CN(C(=O)CSc2nnc(-c3ccccc3Cl)n2C)C[C@H](C)O1. The standard InChI is InChI=1S/C17H21ClN4O2S/c1-11-8-22(9-12(2)24-11)15(23)10-25-17-20-19-16(21(17)3)13-6-4-5-7-14(13)18/h4-7,11-12H,8-10H2,1-3H3/t11-,12-/m0/s1. The van der Waals surface area contributed by atoms with E-state index in [1.54, 1.807) is 0 Å². The van der Waals surface area contributed by atoms with Crippen LogP contribution in [0.5, 0.6) is 0 Å². The van der Waals surface area contributed by atoms with Gasteiger partial charge in [0, 0.05) is 25.7 Å².